The van der Waals surface area contributed by atoms with E-state index >= 15 is 0 Å². The predicted molar refractivity (Wildman–Crippen MR) is 58.3 cm³/mol. The minimum Gasteiger partial charge on any atom is -0.298 e. The molecule has 3 heteroatoms. The van der Waals surface area contributed by atoms with E-state index in [9.17, 15) is 0 Å². The molecule has 0 amide bonds. The number of rotatable bonds is 3. The van der Waals surface area contributed by atoms with Crippen molar-refractivity contribution in [2.75, 3.05) is 13.1 Å². The second kappa shape index (κ2) is 4.28. The lowest BCUT2D eigenvalue weighted by Crippen LogP contribution is -2.45. The number of hydrogen-bond donors (Lipinski definition) is 0. The molecule has 76 valence electrons. The van der Waals surface area contributed by atoms with Crippen molar-refractivity contribution in [1.82, 2.24) is 9.88 Å². The zero-order valence-electron chi connectivity index (χ0n) is 8.41. The molecule has 1 fully saturated rings. The third kappa shape index (κ3) is 2.25. The van der Waals surface area contributed by atoms with E-state index in [1.807, 2.05) is 12.1 Å². The van der Waals surface area contributed by atoms with Crippen LogP contribution in [0.15, 0.2) is 18.3 Å². The Bertz CT molecular complexity index is 308. The number of aromatic nitrogens is 1. The van der Waals surface area contributed by atoms with Gasteiger partial charge in [0.2, 0.25) is 0 Å². The first-order valence-electron chi connectivity index (χ1n) is 5.10. The van der Waals surface area contributed by atoms with E-state index in [0.29, 0.717) is 5.15 Å². The van der Waals surface area contributed by atoms with Crippen LogP contribution in [0.1, 0.15) is 18.9 Å². The Morgan fingerprint density at radius 3 is 3.00 bits per heavy atom. The van der Waals surface area contributed by atoms with Crippen molar-refractivity contribution in [2.24, 2.45) is 5.92 Å². The van der Waals surface area contributed by atoms with Gasteiger partial charge in [-0.25, -0.2) is 4.98 Å². The molecule has 0 radical (unpaired) electrons. The molecule has 0 aromatic carbocycles. The highest BCUT2D eigenvalue weighted by Gasteiger charge is 2.24. The summed E-state index contributed by atoms with van der Waals surface area (Å²) in [5, 5.41) is 0.593. The van der Waals surface area contributed by atoms with E-state index in [4.69, 9.17) is 11.6 Å². The fourth-order valence-corrected chi connectivity index (χ4v) is 2.06. The highest BCUT2D eigenvalue weighted by atomic mass is 35.5. The van der Waals surface area contributed by atoms with Crippen LogP contribution in [0.25, 0.3) is 0 Å². The molecule has 1 aliphatic rings. The van der Waals surface area contributed by atoms with Crippen LogP contribution in [-0.4, -0.2) is 23.0 Å². The Morgan fingerprint density at radius 2 is 2.36 bits per heavy atom. The molecule has 1 aliphatic heterocycles. The predicted octanol–water partition coefficient (Wildman–Crippen LogP) is 2.58. The maximum absolute atomic E-state index is 5.82. The van der Waals surface area contributed by atoms with Crippen molar-refractivity contribution in [3.8, 4) is 0 Å². The summed E-state index contributed by atoms with van der Waals surface area (Å²) in [5.41, 5.74) is 1.26. The molecular weight excluding hydrogens is 196 g/mol. The van der Waals surface area contributed by atoms with Gasteiger partial charge in [-0.1, -0.05) is 24.9 Å². The average Bonchev–Trinajstić information content (AvgIpc) is 2.10. The Morgan fingerprint density at radius 1 is 1.57 bits per heavy atom. The fourth-order valence-electron chi connectivity index (χ4n) is 1.86. The minimum atomic E-state index is 0.593. The molecule has 0 spiro atoms. The molecule has 1 saturated heterocycles. The van der Waals surface area contributed by atoms with Crippen LogP contribution in [0.4, 0.5) is 0 Å². The van der Waals surface area contributed by atoms with Crippen molar-refractivity contribution in [3.05, 3.63) is 29.0 Å². The molecule has 2 rings (SSSR count). The zero-order chi connectivity index (χ0) is 9.97. The Labute approximate surface area is 89.9 Å². The molecule has 0 saturated carbocycles. The summed E-state index contributed by atoms with van der Waals surface area (Å²) in [6.45, 7) is 5.73. The molecule has 14 heavy (non-hydrogen) atoms. The number of pyridine rings is 1. The second-order valence-corrected chi connectivity index (χ2v) is 4.34. The van der Waals surface area contributed by atoms with Gasteiger partial charge in [-0.2, -0.15) is 0 Å². The van der Waals surface area contributed by atoms with Crippen LogP contribution in [0.5, 0.6) is 0 Å². The number of nitrogens with zero attached hydrogens (tertiary/aromatic N) is 2. The first-order valence-corrected chi connectivity index (χ1v) is 5.48. The van der Waals surface area contributed by atoms with E-state index in [1.54, 1.807) is 6.20 Å². The number of halogens is 1. The molecule has 2 heterocycles. The SMILES string of the molecule is CCC1CN(Cc2ccnc(Cl)c2)C1. The first kappa shape index (κ1) is 9.94. The van der Waals surface area contributed by atoms with Gasteiger partial charge in [0, 0.05) is 25.8 Å². The van der Waals surface area contributed by atoms with Crippen LogP contribution in [0.2, 0.25) is 5.15 Å². The standard InChI is InChI=1S/C11H15ClN2/c1-2-9-6-14(7-9)8-10-3-4-13-11(12)5-10/h3-5,9H,2,6-8H2,1H3. The summed E-state index contributed by atoms with van der Waals surface area (Å²) in [4.78, 5) is 6.41. The molecule has 0 unspecified atom stereocenters. The minimum absolute atomic E-state index is 0.593. The van der Waals surface area contributed by atoms with E-state index in [0.717, 1.165) is 12.5 Å². The fraction of sp³-hybridized carbons (Fsp3) is 0.545. The lowest BCUT2D eigenvalue weighted by molar-refractivity contribution is 0.0899. The highest BCUT2D eigenvalue weighted by molar-refractivity contribution is 6.29. The van der Waals surface area contributed by atoms with Gasteiger partial charge in [-0.15, -0.1) is 0 Å². The van der Waals surface area contributed by atoms with E-state index in [-0.39, 0.29) is 0 Å². The van der Waals surface area contributed by atoms with Gasteiger partial charge in [-0.05, 0) is 23.6 Å². The average molecular weight is 211 g/mol. The smallest absolute Gasteiger partial charge is 0.129 e. The lowest BCUT2D eigenvalue weighted by Gasteiger charge is -2.38. The number of hydrogen-bond acceptors (Lipinski definition) is 2. The molecule has 0 N–H and O–H groups in total. The molecule has 1 aromatic heterocycles. The quantitative estimate of drug-likeness (QED) is 0.713. The highest BCUT2D eigenvalue weighted by Crippen LogP contribution is 2.21. The van der Waals surface area contributed by atoms with E-state index in [2.05, 4.69) is 16.8 Å². The van der Waals surface area contributed by atoms with Crippen molar-refractivity contribution in [3.63, 3.8) is 0 Å². The van der Waals surface area contributed by atoms with Crippen molar-refractivity contribution in [2.45, 2.75) is 19.9 Å². The van der Waals surface area contributed by atoms with Gasteiger partial charge in [0.05, 0.1) is 0 Å². The topological polar surface area (TPSA) is 16.1 Å². The summed E-state index contributed by atoms with van der Waals surface area (Å²) in [6, 6.07) is 3.98. The molecule has 0 atom stereocenters. The summed E-state index contributed by atoms with van der Waals surface area (Å²) < 4.78 is 0. The van der Waals surface area contributed by atoms with Gasteiger partial charge < -0.3 is 0 Å². The van der Waals surface area contributed by atoms with Gasteiger partial charge in [0.15, 0.2) is 0 Å². The molecule has 0 bridgehead atoms. The third-order valence-electron chi connectivity index (χ3n) is 2.81. The van der Waals surface area contributed by atoms with Crippen LogP contribution < -0.4 is 0 Å². The van der Waals surface area contributed by atoms with Crippen LogP contribution in [0, 0.1) is 5.92 Å². The maximum Gasteiger partial charge on any atom is 0.129 e. The summed E-state index contributed by atoms with van der Waals surface area (Å²) in [6.07, 6.45) is 3.07. The molecule has 1 aromatic rings. The van der Waals surface area contributed by atoms with Crippen molar-refractivity contribution in [1.29, 1.82) is 0 Å². The van der Waals surface area contributed by atoms with E-state index in [1.165, 1.54) is 25.1 Å². The van der Waals surface area contributed by atoms with Crippen LogP contribution in [0.3, 0.4) is 0 Å². The van der Waals surface area contributed by atoms with Crippen LogP contribution >= 0.6 is 11.6 Å². The van der Waals surface area contributed by atoms with E-state index < -0.39 is 0 Å². The normalized spacial score (nSPS) is 18.1. The van der Waals surface area contributed by atoms with Gasteiger partial charge in [-0.3, -0.25) is 4.90 Å². The monoisotopic (exact) mass is 210 g/mol. The summed E-state index contributed by atoms with van der Waals surface area (Å²) >= 11 is 5.82. The number of likely N-dealkylation sites (tertiary alicyclic amines) is 1. The first-order chi connectivity index (χ1) is 6.78. The Kier molecular flexibility index (Phi) is 3.04. The third-order valence-corrected chi connectivity index (χ3v) is 3.01. The second-order valence-electron chi connectivity index (χ2n) is 3.96. The largest absolute Gasteiger partial charge is 0.298 e. The van der Waals surface area contributed by atoms with Crippen LogP contribution in [-0.2, 0) is 6.54 Å². The summed E-state index contributed by atoms with van der Waals surface area (Å²) in [7, 11) is 0. The van der Waals surface area contributed by atoms with Crippen molar-refractivity contribution < 1.29 is 0 Å². The van der Waals surface area contributed by atoms with Gasteiger partial charge in [0.1, 0.15) is 5.15 Å². The molecule has 2 nitrogen and oxygen atoms in total. The maximum atomic E-state index is 5.82. The summed E-state index contributed by atoms with van der Waals surface area (Å²) in [5.74, 6) is 0.910. The molecular formula is C11H15ClN2. The van der Waals surface area contributed by atoms with Gasteiger partial charge in [0.25, 0.3) is 0 Å². The van der Waals surface area contributed by atoms with Gasteiger partial charge >= 0.3 is 0 Å². The van der Waals surface area contributed by atoms with Crippen molar-refractivity contribution >= 4 is 11.6 Å². The Balaban J connectivity index is 1.87. The molecule has 0 aliphatic carbocycles. The lowest BCUT2D eigenvalue weighted by atomic mass is 9.97. The Hall–Kier alpha value is -0.600. The zero-order valence-corrected chi connectivity index (χ0v) is 9.17.